The van der Waals surface area contributed by atoms with Crippen LogP contribution in [0.1, 0.15) is 5.56 Å². The number of benzene rings is 3. The van der Waals surface area contributed by atoms with E-state index in [-0.39, 0.29) is 5.91 Å². The Morgan fingerprint density at radius 1 is 0.967 bits per heavy atom. The van der Waals surface area contributed by atoms with E-state index in [9.17, 15) is 4.79 Å². The lowest BCUT2D eigenvalue weighted by atomic mass is 10.1. The molecule has 0 aliphatic carbocycles. The number of para-hydroxylation sites is 1. The third-order valence-electron chi connectivity index (χ3n) is 4.76. The lowest BCUT2D eigenvalue weighted by Gasteiger charge is -2.07. The minimum absolute atomic E-state index is 0.0525. The molecule has 30 heavy (non-hydrogen) atoms. The average Bonchev–Trinajstić information content (AvgIpc) is 3.44. The van der Waals surface area contributed by atoms with Gasteiger partial charge in [0.1, 0.15) is 5.01 Å². The number of rotatable bonds is 5. The number of hydrogen-bond acceptors (Lipinski definition) is 4. The first-order chi connectivity index (χ1) is 14.7. The number of anilines is 1. The second-order valence-corrected chi connectivity index (χ2v) is 7.94. The smallest absolute Gasteiger partial charge is 0.228 e. The summed E-state index contributed by atoms with van der Waals surface area (Å²) in [6.45, 7) is 0. The second kappa shape index (κ2) is 7.93. The van der Waals surface area contributed by atoms with E-state index in [0.717, 1.165) is 37.7 Å². The number of thiazole rings is 1. The predicted molar refractivity (Wildman–Crippen MR) is 121 cm³/mol. The van der Waals surface area contributed by atoms with E-state index < -0.39 is 0 Å². The topological polar surface area (TPSA) is 59.8 Å². The van der Waals surface area contributed by atoms with Gasteiger partial charge in [-0.1, -0.05) is 36.4 Å². The Kier molecular flexibility index (Phi) is 4.83. The van der Waals surface area contributed by atoms with Crippen molar-refractivity contribution in [2.45, 2.75) is 6.42 Å². The number of hydrogen-bond donors (Lipinski definition) is 1. The molecule has 5 rings (SSSR count). The van der Waals surface area contributed by atoms with Gasteiger partial charge in [0.25, 0.3) is 0 Å². The first kappa shape index (κ1) is 18.3. The molecule has 0 atom stereocenters. The first-order valence-corrected chi connectivity index (χ1v) is 10.4. The van der Waals surface area contributed by atoms with Gasteiger partial charge in [0.2, 0.25) is 5.91 Å². The Morgan fingerprint density at radius 3 is 2.63 bits per heavy atom. The zero-order chi connectivity index (χ0) is 20.3. The maximum atomic E-state index is 12.5. The van der Waals surface area contributed by atoms with Crippen LogP contribution in [0.5, 0.6) is 0 Å². The van der Waals surface area contributed by atoms with Gasteiger partial charge in [-0.3, -0.25) is 4.79 Å². The largest absolute Gasteiger partial charge is 0.326 e. The van der Waals surface area contributed by atoms with Gasteiger partial charge >= 0.3 is 0 Å². The van der Waals surface area contributed by atoms with Crippen LogP contribution in [0.4, 0.5) is 5.69 Å². The number of carbonyl (C=O) groups is 1. The number of aromatic nitrogens is 3. The highest BCUT2D eigenvalue weighted by molar-refractivity contribution is 7.21. The zero-order valence-corrected chi connectivity index (χ0v) is 16.8. The van der Waals surface area contributed by atoms with Crippen molar-refractivity contribution in [3.05, 3.63) is 96.8 Å². The van der Waals surface area contributed by atoms with Crippen LogP contribution in [0.25, 0.3) is 26.5 Å². The van der Waals surface area contributed by atoms with Gasteiger partial charge in [-0.2, -0.15) is 5.10 Å². The van der Waals surface area contributed by atoms with E-state index in [1.165, 1.54) is 0 Å². The molecule has 0 saturated heterocycles. The van der Waals surface area contributed by atoms with Crippen molar-refractivity contribution in [3.63, 3.8) is 0 Å². The van der Waals surface area contributed by atoms with Crippen LogP contribution in [0.3, 0.4) is 0 Å². The molecular weight excluding hydrogens is 392 g/mol. The van der Waals surface area contributed by atoms with E-state index in [2.05, 4.69) is 16.5 Å². The molecule has 3 aromatic carbocycles. The van der Waals surface area contributed by atoms with Crippen LogP contribution in [0, 0.1) is 0 Å². The van der Waals surface area contributed by atoms with E-state index in [1.807, 2.05) is 79.0 Å². The number of nitrogens with zero attached hydrogens (tertiary/aromatic N) is 3. The Morgan fingerprint density at radius 2 is 1.83 bits per heavy atom. The van der Waals surface area contributed by atoms with Crippen LogP contribution in [-0.4, -0.2) is 20.7 Å². The number of fused-ring (bicyclic) bond motifs is 1. The van der Waals surface area contributed by atoms with Gasteiger partial charge in [-0.25, -0.2) is 9.67 Å². The third kappa shape index (κ3) is 3.86. The van der Waals surface area contributed by atoms with Crippen molar-refractivity contribution in [2.24, 2.45) is 0 Å². The summed E-state index contributed by atoms with van der Waals surface area (Å²) in [4.78, 5) is 17.2. The molecule has 6 heteroatoms. The van der Waals surface area contributed by atoms with Crippen LogP contribution >= 0.6 is 11.3 Å². The van der Waals surface area contributed by atoms with Crippen LogP contribution in [-0.2, 0) is 11.2 Å². The minimum Gasteiger partial charge on any atom is -0.326 e. The van der Waals surface area contributed by atoms with E-state index in [4.69, 9.17) is 4.98 Å². The molecule has 1 N–H and O–H groups in total. The molecule has 5 aromatic rings. The fraction of sp³-hybridized carbons (Fsp3) is 0.0417. The zero-order valence-electron chi connectivity index (χ0n) is 16.0. The normalized spacial score (nSPS) is 10.9. The Hall–Kier alpha value is -3.77. The summed E-state index contributed by atoms with van der Waals surface area (Å²) < 4.78 is 2.94. The van der Waals surface area contributed by atoms with Crippen LogP contribution in [0.2, 0.25) is 0 Å². The van der Waals surface area contributed by atoms with Gasteiger partial charge in [-0.05, 0) is 48.0 Å². The molecule has 0 bridgehead atoms. The fourth-order valence-corrected chi connectivity index (χ4v) is 4.27. The maximum Gasteiger partial charge on any atom is 0.228 e. The molecule has 2 aromatic heterocycles. The summed E-state index contributed by atoms with van der Waals surface area (Å²) in [5, 5.41) is 8.16. The van der Waals surface area contributed by atoms with Crippen LogP contribution in [0.15, 0.2) is 91.3 Å². The Labute approximate surface area is 177 Å². The van der Waals surface area contributed by atoms with Gasteiger partial charge in [-0.15, -0.1) is 11.3 Å². The lowest BCUT2D eigenvalue weighted by Crippen LogP contribution is -2.14. The molecule has 5 nitrogen and oxygen atoms in total. The van der Waals surface area contributed by atoms with Crippen molar-refractivity contribution in [3.8, 4) is 16.3 Å². The maximum absolute atomic E-state index is 12.5. The molecule has 2 heterocycles. The number of nitrogens with one attached hydrogen (secondary N) is 1. The van der Waals surface area contributed by atoms with Crippen molar-refractivity contribution >= 4 is 33.1 Å². The Bertz CT molecular complexity index is 1270. The molecule has 0 saturated carbocycles. The molecule has 0 fully saturated rings. The van der Waals surface area contributed by atoms with Crippen molar-refractivity contribution in [2.75, 3.05) is 5.32 Å². The van der Waals surface area contributed by atoms with E-state index in [0.29, 0.717) is 6.42 Å². The summed E-state index contributed by atoms with van der Waals surface area (Å²) in [5.74, 6) is -0.0525. The number of carbonyl (C=O) groups excluding carboxylic acids is 1. The average molecular weight is 411 g/mol. The van der Waals surface area contributed by atoms with Gasteiger partial charge in [0, 0.05) is 23.6 Å². The molecular formula is C24H18N4OS. The quantitative estimate of drug-likeness (QED) is 0.426. The van der Waals surface area contributed by atoms with Crippen molar-refractivity contribution in [1.82, 2.24) is 14.8 Å². The van der Waals surface area contributed by atoms with Crippen molar-refractivity contribution in [1.29, 1.82) is 0 Å². The highest BCUT2D eigenvalue weighted by Gasteiger charge is 2.09. The number of amides is 1. The third-order valence-corrected chi connectivity index (χ3v) is 5.84. The van der Waals surface area contributed by atoms with Gasteiger partial charge < -0.3 is 5.32 Å². The minimum atomic E-state index is -0.0525. The van der Waals surface area contributed by atoms with E-state index in [1.54, 1.807) is 22.2 Å². The molecule has 1 amide bonds. The molecule has 0 unspecified atom stereocenters. The first-order valence-electron chi connectivity index (χ1n) is 9.59. The summed E-state index contributed by atoms with van der Waals surface area (Å²) >= 11 is 1.65. The van der Waals surface area contributed by atoms with Gasteiger partial charge in [0.15, 0.2) is 0 Å². The summed E-state index contributed by atoms with van der Waals surface area (Å²) in [6, 6.07) is 25.6. The van der Waals surface area contributed by atoms with Crippen molar-refractivity contribution < 1.29 is 4.79 Å². The van der Waals surface area contributed by atoms with Gasteiger partial charge in [0.05, 0.1) is 22.3 Å². The molecule has 0 radical (unpaired) electrons. The predicted octanol–water partition coefficient (Wildman–Crippen LogP) is 5.33. The standard InChI is InChI=1S/C24H18N4OS/c29-23(15-17-9-11-20(12-10-17)28-14-4-13-25-28)26-19-6-3-5-18(16-19)24-27-21-7-1-2-8-22(21)30-24/h1-14,16H,15H2,(H,26,29). The highest BCUT2D eigenvalue weighted by atomic mass is 32.1. The summed E-state index contributed by atoms with van der Waals surface area (Å²) in [5.41, 5.74) is 4.67. The fourth-order valence-electron chi connectivity index (χ4n) is 3.30. The SMILES string of the molecule is O=C(Cc1ccc(-n2cccn2)cc1)Nc1cccc(-c2nc3ccccc3s2)c1. The molecule has 0 aliphatic heterocycles. The summed E-state index contributed by atoms with van der Waals surface area (Å²) in [7, 11) is 0. The lowest BCUT2D eigenvalue weighted by molar-refractivity contribution is -0.115. The highest BCUT2D eigenvalue weighted by Crippen LogP contribution is 2.31. The monoisotopic (exact) mass is 410 g/mol. The van der Waals surface area contributed by atoms with Crippen LogP contribution < -0.4 is 5.32 Å². The summed E-state index contributed by atoms with van der Waals surface area (Å²) in [6.07, 6.45) is 3.94. The Balaban J connectivity index is 1.28. The molecule has 0 spiro atoms. The van der Waals surface area contributed by atoms with E-state index >= 15 is 0 Å². The molecule has 146 valence electrons. The second-order valence-electron chi connectivity index (χ2n) is 6.91. The molecule has 0 aliphatic rings.